The molecule has 0 bridgehead atoms. The molecule has 0 saturated carbocycles. The lowest BCUT2D eigenvalue weighted by atomic mass is 10.0. The lowest BCUT2D eigenvalue weighted by molar-refractivity contribution is 0.194. The number of anilines is 1. The molecule has 166 valence electrons. The molecule has 33 heavy (non-hydrogen) atoms. The Morgan fingerprint density at radius 3 is 2.45 bits per heavy atom. The second-order valence-corrected chi connectivity index (χ2v) is 9.10. The van der Waals surface area contributed by atoms with Crippen LogP contribution in [0.5, 0.6) is 0 Å². The van der Waals surface area contributed by atoms with Crippen LogP contribution in [0.3, 0.4) is 0 Å². The van der Waals surface area contributed by atoms with E-state index in [0.717, 1.165) is 34.6 Å². The van der Waals surface area contributed by atoms with E-state index in [1.165, 1.54) is 10.5 Å². The lowest BCUT2D eigenvalue weighted by Gasteiger charge is -2.31. The molecule has 1 atom stereocenters. The standard InChI is InChI=1S/C28H27N3OS/c1-3-20-10-14-23(15-11-20)29-28(32)31-19-22-7-4-5-8-25(22)30-18-6-9-26(30)27(31)21-12-16-24(33-2)17-13-21/h4-18,27H,3,19H2,1-2H3,(H,29,32)/t27-/m1/s1. The number of benzene rings is 3. The van der Waals surface area contributed by atoms with Crippen molar-refractivity contribution in [2.75, 3.05) is 11.6 Å². The molecule has 5 heteroatoms. The van der Waals surface area contributed by atoms with Gasteiger partial charge in [0.05, 0.1) is 18.3 Å². The summed E-state index contributed by atoms with van der Waals surface area (Å²) in [5.41, 5.74) is 6.47. The van der Waals surface area contributed by atoms with E-state index in [0.29, 0.717) is 6.54 Å². The first-order valence-corrected chi connectivity index (χ1v) is 12.5. The Morgan fingerprint density at radius 1 is 0.970 bits per heavy atom. The maximum Gasteiger partial charge on any atom is 0.322 e. The number of rotatable bonds is 4. The van der Waals surface area contributed by atoms with Crippen LogP contribution in [-0.2, 0) is 13.0 Å². The minimum atomic E-state index is -0.210. The Kier molecular flexibility index (Phi) is 5.97. The zero-order valence-corrected chi connectivity index (χ0v) is 19.7. The predicted octanol–water partition coefficient (Wildman–Crippen LogP) is 6.90. The van der Waals surface area contributed by atoms with Gasteiger partial charge in [0.15, 0.2) is 0 Å². The summed E-state index contributed by atoms with van der Waals surface area (Å²) < 4.78 is 2.21. The van der Waals surface area contributed by atoms with Crippen molar-refractivity contribution in [2.24, 2.45) is 0 Å². The third-order valence-electron chi connectivity index (χ3n) is 6.27. The quantitative estimate of drug-likeness (QED) is 0.341. The minimum absolute atomic E-state index is 0.109. The summed E-state index contributed by atoms with van der Waals surface area (Å²) in [6.07, 6.45) is 5.14. The van der Waals surface area contributed by atoms with Gasteiger partial charge in [0.2, 0.25) is 0 Å². The molecule has 0 saturated heterocycles. The van der Waals surface area contributed by atoms with E-state index in [2.05, 4.69) is 96.0 Å². The van der Waals surface area contributed by atoms with E-state index < -0.39 is 0 Å². The Balaban J connectivity index is 1.58. The molecular formula is C28H27N3OS. The molecule has 3 aromatic carbocycles. The maximum absolute atomic E-state index is 13.7. The number of hydrogen-bond acceptors (Lipinski definition) is 2. The molecule has 4 aromatic rings. The van der Waals surface area contributed by atoms with Crippen LogP contribution in [0.1, 0.15) is 35.3 Å². The van der Waals surface area contributed by atoms with Gasteiger partial charge in [-0.1, -0.05) is 49.4 Å². The molecule has 0 aliphatic carbocycles. The number of fused-ring (bicyclic) bond motifs is 3. The average Bonchev–Trinajstić information content (AvgIpc) is 3.29. The number of amides is 2. The minimum Gasteiger partial charge on any atom is -0.318 e. The number of aryl methyl sites for hydroxylation is 1. The van der Waals surface area contributed by atoms with Gasteiger partial charge in [0.25, 0.3) is 0 Å². The molecule has 0 unspecified atom stereocenters. The highest BCUT2D eigenvalue weighted by Gasteiger charge is 2.33. The number of carbonyl (C=O) groups excluding carboxylic acids is 1. The van der Waals surface area contributed by atoms with Gasteiger partial charge in [-0.2, -0.15) is 0 Å². The highest BCUT2D eigenvalue weighted by molar-refractivity contribution is 7.98. The van der Waals surface area contributed by atoms with Crippen molar-refractivity contribution in [1.29, 1.82) is 0 Å². The van der Waals surface area contributed by atoms with Crippen molar-refractivity contribution in [2.45, 2.75) is 30.8 Å². The molecule has 0 fully saturated rings. The van der Waals surface area contributed by atoms with E-state index in [-0.39, 0.29) is 12.1 Å². The molecule has 1 aromatic heterocycles. The fourth-order valence-electron chi connectivity index (χ4n) is 4.50. The van der Waals surface area contributed by atoms with Gasteiger partial charge in [0.1, 0.15) is 0 Å². The lowest BCUT2D eigenvalue weighted by Crippen LogP contribution is -2.37. The van der Waals surface area contributed by atoms with Gasteiger partial charge in [-0.15, -0.1) is 11.8 Å². The summed E-state index contributed by atoms with van der Waals surface area (Å²) in [7, 11) is 0. The van der Waals surface area contributed by atoms with Crippen LogP contribution in [0.4, 0.5) is 10.5 Å². The molecular weight excluding hydrogens is 426 g/mol. The van der Waals surface area contributed by atoms with Crippen LogP contribution >= 0.6 is 11.8 Å². The third kappa shape index (κ3) is 4.16. The van der Waals surface area contributed by atoms with Gasteiger partial charge in [-0.3, -0.25) is 0 Å². The highest BCUT2D eigenvalue weighted by Crippen LogP contribution is 2.37. The highest BCUT2D eigenvalue weighted by atomic mass is 32.2. The summed E-state index contributed by atoms with van der Waals surface area (Å²) in [4.78, 5) is 16.9. The first kappa shape index (κ1) is 21.4. The molecule has 1 aliphatic heterocycles. The molecule has 5 rings (SSSR count). The summed E-state index contributed by atoms with van der Waals surface area (Å²) in [5, 5.41) is 3.14. The first-order valence-electron chi connectivity index (χ1n) is 11.2. The molecule has 0 radical (unpaired) electrons. The second-order valence-electron chi connectivity index (χ2n) is 8.22. The van der Waals surface area contributed by atoms with E-state index in [1.807, 2.05) is 23.1 Å². The molecule has 1 aliphatic rings. The van der Waals surface area contributed by atoms with Crippen molar-refractivity contribution in [3.05, 3.63) is 114 Å². The van der Waals surface area contributed by atoms with Crippen LogP contribution in [-0.4, -0.2) is 21.8 Å². The Bertz CT molecular complexity index is 1260. The SMILES string of the molecule is CCc1ccc(NC(=O)N2Cc3ccccc3-n3cccc3[C@H]2c2ccc(SC)cc2)cc1. The summed E-state index contributed by atoms with van der Waals surface area (Å²) in [5.74, 6) is 0. The van der Waals surface area contributed by atoms with Crippen LogP contribution in [0.2, 0.25) is 0 Å². The van der Waals surface area contributed by atoms with Crippen molar-refractivity contribution in [3.63, 3.8) is 0 Å². The van der Waals surface area contributed by atoms with Gasteiger partial charge in [0, 0.05) is 22.5 Å². The number of hydrogen-bond donors (Lipinski definition) is 1. The maximum atomic E-state index is 13.7. The van der Waals surface area contributed by atoms with Crippen LogP contribution in [0.15, 0.2) is 96.0 Å². The van der Waals surface area contributed by atoms with Gasteiger partial charge < -0.3 is 14.8 Å². The molecule has 2 amide bonds. The Labute approximate surface area is 199 Å². The zero-order chi connectivity index (χ0) is 22.8. The van der Waals surface area contributed by atoms with Gasteiger partial charge in [-0.25, -0.2) is 4.79 Å². The number of aromatic nitrogens is 1. The van der Waals surface area contributed by atoms with Crippen LogP contribution in [0, 0.1) is 0 Å². The number of nitrogens with zero attached hydrogens (tertiary/aromatic N) is 2. The summed E-state index contributed by atoms with van der Waals surface area (Å²) in [6, 6.07) is 28.8. The molecule has 2 heterocycles. The molecule has 4 nitrogen and oxygen atoms in total. The van der Waals surface area contributed by atoms with Crippen LogP contribution < -0.4 is 5.32 Å². The third-order valence-corrected chi connectivity index (χ3v) is 7.01. The fraction of sp³-hybridized carbons (Fsp3) is 0.179. The van der Waals surface area contributed by atoms with E-state index in [4.69, 9.17) is 0 Å². The van der Waals surface area contributed by atoms with Crippen molar-refractivity contribution in [3.8, 4) is 5.69 Å². The van der Waals surface area contributed by atoms with E-state index >= 15 is 0 Å². The van der Waals surface area contributed by atoms with Gasteiger partial charge in [-0.05, 0) is 71.8 Å². The topological polar surface area (TPSA) is 37.3 Å². The summed E-state index contributed by atoms with van der Waals surface area (Å²) >= 11 is 1.72. The van der Waals surface area contributed by atoms with E-state index in [1.54, 1.807) is 11.8 Å². The monoisotopic (exact) mass is 453 g/mol. The number of para-hydroxylation sites is 1. The zero-order valence-electron chi connectivity index (χ0n) is 18.9. The molecule has 1 N–H and O–H groups in total. The Morgan fingerprint density at radius 2 is 1.73 bits per heavy atom. The van der Waals surface area contributed by atoms with Crippen molar-refractivity contribution >= 4 is 23.5 Å². The normalized spacial score (nSPS) is 14.8. The largest absolute Gasteiger partial charge is 0.322 e. The number of thioether (sulfide) groups is 1. The van der Waals surface area contributed by atoms with E-state index in [9.17, 15) is 4.79 Å². The predicted molar refractivity (Wildman–Crippen MR) is 136 cm³/mol. The second kappa shape index (κ2) is 9.20. The van der Waals surface area contributed by atoms with Crippen molar-refractivity contribution < 1.29 is 4.79 Å². The number of urea groups is 1. The Hall–Kier alpha value is -3.44. The number of nitrogens with one attached hydrogen (secondary N) is 1. The fourth-order valence-corrected chi connectivity index (χ4v) is 4.90. The van der Waals surface area contributed by atoms with Crippen molar-refractivity contribution in [1.82, 2.24) is 9.47 Å². The summed E-state index contributed by atoms with van der Waals surface area (Å²) in [6.45, 7) is 2.65. The first-order chi connectivity index (χ1) is 16.2. The van der Waals surface area contributed by atoms with Gasteiger partial charge >= 0.3 is 6.03 Å². The average molecular weight is 454 g/mol. The molecule has 0 spiro atoms. The van der Waals surface area contributed by atoms with Crippen LogP contribution in [0.25, 0.3) is 5.69 Å². The smallest absolute Gasteiger partial charge is 0.318 e. The number of carbonyl (C=O) groups is 1.